The van der Waals surface area contributed by atoms with E-state index in [1.54, 1.807) is 0 Å². The Bertz CT molecular complexity index is 531. The lowest BCUT2D eigenvalue weighted by atomic mass is 10.2. The minimum Gasteiger partial charge on any atom is -0.489 e. The van der Waals surface area contributed by atoms with Gasteiger partial charge in [-0.15, -0.1) is 0 Å². The number of aryl methyl sites for hydroxylation is 1. The fourth-order valence-corrected chi connectivity index (χ4v) is 1.93. The molecule has 0 fully saturated rings. The molecule has 1 unspecified atom stereocenters. The zero-order chi connectivity index (χ0) is 15.1. The van der Waals surface area contributed by atoms with E-state index in [1.807, 2.05) is 38.1 Å². The van der Waals surface area contributed by atoms with Crippen LogP contribution < -0.4 is 9.47 Å². The van der Waals surface area contributed by atoms with Crippen LogP contribution in [0.25, 0.3) is 0 Å². The summed E-state index contributed by atoms with van der Waals surface area (Å²) in [7, 11) is 0. The lowest BCUT2D eigenvalue weighted by Gasteiger charge is -2.14. The summed E-state index contributed by atoms with van der Waals surface area (Å²) in [6, 6.07) is 15.9. The SMILES string of the molecule is CCOC(C)Oc1ccc(OCc2ccc(C)cc2)cc1. The van der Waals surface area contributed by atoms with Crippen molar-refractivity contribution in [2.75, 3.05) is 6.61 Å². The fourth-order valence-electron chi connectivity index (χ4n) is 1.93. The van der Waals surface area contributed by atoms with Crippen LogP contribution in [0.4, 0.5) is 0 Å². The maximum Gasteiger partial charge on any atom is 0.196 e. The summed E-state index contributed by atoms with van der Waals surface area (Å²) >= 11 is 0. The highest BCUT2D eigenvalue weighted by Gasteiger charge is 2.03. The Morgan fingerprint density at radius 3 is 2.14 bits per heavy atom. The molecule has 0 aliphatic carbocycles. The van der Waals surface area contributed by atoms with Crippen molar-refractivity contribution in [3.63, 3.8) is 0 Å². The van der Waals surface area contributed by atoms with Crippen molar-refractivity contribution >= 4 is 0 Å². The van der Waals surface area contributed by atoms with Gasteiger partial charge in [0.2, 0.25) is 0 Å². The summed E-state index contributed by atoms with van der Waals surface area (Å²) in [4.78, 5) is 0. The molecule has 3 nitrogen and oxygen atoms in total. The minimum atomic E-state index is -0.241. The smallest absolute Gasteiger partial charge is 0.196 e. The third kappa shape index (κ3) is 5.12. The average Bonchev–Trinajstić information content (AvgIpc) is 2.48. The summed E-state index contributed by atoms with van der Waals surface area (Å²) in [5.41, 5.74) is 2.41. The Labute approximate surface area is 126 Å². The second-order valence-electron chi connectivity index (χ2n) is 4.89. The van der Waals surface area contributed by atoms with Gasteiger partial charge in [-0.3, -0.25) is 0 Å². The molecule has 0 heterocycles. The number of ether oxygens (including phenoxy) is 3. The average molecular weight is 286 g/mol. The Hall–Kier alpha value is -2.00. The molecular formula is C18H22O3. The molecule has 0 aliphatic heterocycles. The van der Waals surface area contributed by atoms with E-state index >= 15 is 0 Å². The van der Waals surface area contributed by atoms with Crippen molar-refractivity contribution < 1.29 is 14.2 Å². The normalized spacial score (nSPS) is 12.0. The van der Waals surface area contributed by atoms with Crippen LogP contribution in [0.15, 0.2) is 48.5 Å². The van der Waals surface area contributed by atoms with Gasteiger partial charge in [-0.25, -0.2) is 0 Å². The number of benzene rings is 2. The predicted octanol–water partition coefficient (Wildman–Crippen LogP) is 4.34. The second kappa shape index (κ2) is 7.70. The molecule has 0 aromatic heterocycles. The van der Waals surface area contributed by atoms with Crippen LogP contribution in [0.1, 0.15) is 25.0 Å². The summed E-state index contributed by atoms with van der Waals surface area (Å²) in [5, 5.41) is 0. The highest BCUT2D eigenvalue weighted by Crippen LogP contribution is 2.20. The largest absolute Gasteiger partial charge is 0.489 e. The van der Waals surface area contributed by atoms with Crippen LogP contribution in [0.2, 0.25) is 0 Å². The number of hydrogen-bond acceptors (Lipinski definition) is 3. The van der Waals surface area contributed by atoms with Gasteiger partial charge < -0.3 is 14.2 Å². The van der Waals surface area contributed by atoms with E-state index in [9.17, 15) is 0 Å². The van der Waals surface area contributed by atoms with Crippen LogP contribution in [-0.2, 0) is 11.3 Å². The van der Waals surface area contributed by atoms with Gasteiger partial charge in [-0.2, -0.15) is 0 Å². The Kier molecular flexibility index (Phi) is 5.64. The van der Waals surface area contributed by atoms with Crippen LogP contribution in [-0.4, -0.2) is 12.9 Å². The molecule has 2 aromatic rings. The van der Waals surface area contributed by atoms with Gasteiger partial charge in [-0.05, 0) is 50.6 Å². The molecule has 0 radical (unpaired) electrons. The van der Waals surface area contributed by atoms with E-state index in [4.69, 9.17) is 14.2 Å². The molecule has 2 aromatic carbocycles. The Morgan fingerprint density at radius 1 is 0.905 bits per heavy atom. The predicted molar refractivity (Wildman–Crippen MR) is 83.7 cm³/mol. The second-order valence-corrected chi connectivity index (χ2v) is 4.89. The van der Waals surface area contributed by atoms with Gasteiger partial charge in [0.1, 0.15) is 18.1 Å². The van der Waals surface area contributed by atoms with Crippen LogP contribution >= 0.6 is 0 Å². The highest BCUT2D eigenvalue weighted by atomic mass is 16.7. The number of rotatable bonds is 7. The molecular weight excluding hydrogens is 264 g/mol. The number of hydrogen-bond donors (Lipinski definition) is 0. The van der Waals surface area contributed by atoms with E-state index in [0.29, 0.717) is 13.2 Å². The monoisotopic (exact) mass is 286 g/mol. The maximum absolute atomic E-state index is 5.75. The van der Waals surface area contributed by atoms with Gasteiger partial charge in [0.15, 0.2) is 6.29 Å². The molecule has 0 bridgehead atoms. The first kappa shape index (κ1) is 15.4. The van der Waals surface area contributed by atoms with Crippen LogP contribution in [0.3, 0.4) is 0 Å². The van der Waals surface area contributed by atoms with Crippen molar-refractivity contribution in [1.82, 2.24) is 0 Å². The van der Waals surface area contributed by atoms with E-state index in [0.717, 1.165) is 17.1 Å². The van der Waals surface area contributed by atoms with Crippen molar-refractivity contribution in [2.24, 2.45) is 0 Å². The zero-order valence-electron chi connectivity index (χ0n) is 12.8. The quantitative estimate of drug-likeness (QED) is 0.709. The molecule has 0 N–H and O–H groups in total. The molecule has 0 saturated heterocycles. The molecule has 112 valence electrons. The topological polar surface area (TPSA) is 27.7 Å². The van der Waals surface area contributed by atoms with Crippen molar-refractivity contribution in [3.05, 3.63) is 59.7 Å². The van der Waals surface area contributed by atoms with E-state index in [2.05, 4.69) is 31.2 Å². The molecule has 1 atom stereocenters. The Morgan fingerprint density at radius 2 is 1.52 bits per heavy atom. The molecule has 0 spiro atoms. The van der Waals surface area contributed by atoms with Gasteiger partial charge >= 0.3 is 0 Å². The fraction of sp³-hybridized carbons (Fsp3) is 0.333. The van der Waals surface area contributed by atoms with Gasteiger partial charge in [0.05, 0.1) is 0 Å². The Balaban J connectivity index is 1.86. The first-order chi connectivity index (χ1) is 10.2. The molecule has 3 heteroatoms. The third-order valence-corrected chi connectivity index (χ3v) is 3.05. The lowest BCUT2D eigenvalue weighted by Crippen LogP contribution is -2.15. The summed E-state index contributed by atoms with van der Waals surface area (Å²) < 4.78 is 16.7. The first-order valence-corrected chi connectivity index (χ1v) is 7.24. The molecule has 0 amide bonds. The highest BCUT2D eigenvalue weighted by molar-refractivity contribution is 5.31. The van der Waals surface area contributed by atoms with E-state index < -0.39 is 0 Å². The summed E-state index contributed by atoms with van der Waals surface area (Å²) in [6.45, 7) is 7.11. The summed E-state index contributed by atoms with van der Waals surface area (Å²) in [6.07, 6.45) is -0.241. The maximum atomic E-state index is 5.75. The molecule has 2 rings (SSSR count). The zero-order valence-corrected chi connectivity index (χ0v) is 12.8. The van der Waals surface area contributed by atoms with Crippen LogP contribution in [0, 0.1) is 6.92 Å². The standard InChI is InChI=1S/C18H22O3/c1-4-19-15(3)21-18-11-9-17(10-12-18)20-13-16-7-5-14(2)6-8-16/h5-12,15H,4,13H2,1-3H3. The summed E-state index contributed by atoms with van der Waals surface area (Å²) in [5.74, 6) is 1.60. The van der Waals surface area contributed by atoms with Crippen molar-refractivity contribution in [2.45, 2.75) is 33.7 Å². The minimum absolute atomic E-state index is 0.241. The van der Waals surface area contributed by atoms with Gasteiger partial charge in [-0.1, -0.05) is 29.8 Å². The van der Waals surface area contributed by atoms with Crippen molar-refractivity contribution in [3.8, 4) is 11.5 Å². The van der Waals surface area contributed by atoms with Crippen molar-refractivity contribution in [1.29, 1.82) is 0 Å². The molecule has 21 heavy (non-hydrogen) atoms. The first-order valence-electron chi connectivity index (χ1n) is 7.24. The van der Waals surface area contributed by atoms with Gasteiger partial charge in [0, 0.05) is 6.61 Å². The van der Waals surface area contributed by atoms with Gasteiger partial charge in [0.25, 0.3) is 0 Å². The van der Waals surface area contributed by atoms with Crippen LogP contribution in [0.5, 0.6) is 11.5 Å². The molecule has 0 aliphatic rings. The lowest BCUT2D eigenvalue weighted by molar-refractivity contribution is -0.0613. The third-order valence-electron chi connectivity index (χ3n) is 3.05. The van der Waals surface area contributed by atoms with E-state index in [-0.39, 0.29) is 6.29 Å². The molecule has 0 saturated carbocycles. The van der Waals surface area contributed by atoms with E-state index in [1.165, 1.54) is 5.56 Å².